The first-order chi connectivity index (χ1) is 10.2. The smallest absolute Gasteiger partial charge is 0.160 e. The monoisotopic (exact) mass is 282 g/mol. The predicted molar refractivity (Wildman–Crippen MR) is 72.2 cm³/mol. The Morgan fingerprint density at radius 3 is 1.90 bits per heavy atom. The number of ketones is 2. The Morgan fingerprint density at radius 1 is 0.905 bits per heavy atom. The highest BCUT2D eigenvalue weighted by Gasteiger charge is 2.99. The molecule has 3 heteroatoms. The second-order valence-electron chi connectivity index (χ2n) is 8.74. The summed E-state index contributed by atoms with van der Waals surface area (Å²) in [5.41, 5.74) is 0.626. The van der Waals surface area contributed by atoms with Crippen molar-refractivity contribution in [1.82, 2.24) is 0 Å². The Kier molecular flexibility index (Phi) is 1.31. The van der Waals surface area contributed by atoms with Crippen LogP contribution in [-0.4, -0.2) is 22.8 Å². The third-order valence-electron chi connectivity index (χ3n) is 8.83. The van der Waals surface area contributed by atoms with E-state index in [2.05, 4.69) is 0 Å². The van der Waals surface area contributed by atoms with E-state index in [-0.39, 0.29) is 34.6 Å². The minimum Gasteiger partial charge on any atom is -0.361 e. The van der Waals surface area contributed by atoms with Gasteiger partial charge in [0, 0.05) is 23.7 Å². The van der Waals surface area contributed by atoms with Crippen molar-refractivity contribution < 1.29 is 14.3 Å². The molecule has 1 spiro atoms. The maximum Gasteiger partial charge on any atom is 0.160 e. The summed E-state index contributed by atoms with van der Waals surface area (Å²) >= 11 is 0. The SMILES string of the molecule is O=C1C=CC(=O)[C@H]2[C@@H]1[C@H]1C[C@H]2[C@@]23O[C@@]12[C@H]1CC[C@H]3C12CC2. The molecule has 6 fully saturated rings. The standard InChI is InChI=1S/C18H18O3/c19-10-1-2-11(20)15-9-7-8(14(10)15)17-12-3-4-13(16(12)5-6-16)18(9,17)21-17/h1-2,8-9,12-15H,3-7H2/t8-,9-,12+,13+,14-,15+,17-,18+/m1/s1. The quantitative estimate of drug-likeness (QED) is 0.638. The van der Waals surface area contributed by atoms with Crippen LogP contribution in [0.3, 0.4) is 0 Å². The summed E-state index contributed by atoms with van der Waals surface area (Å²) in [4.78, 5) is 24.9. The molecule has 0 radical (unpaired) electrons. The van der Waals surface area contributed by atoms with Gasteiger partial charge in [-0.15, -0.1) is 0 Å². The number of carbonyl (C=O) groups excluding carboxylic acids is 2. The van der Waals surface area contributed by atoms with Crippen LogP contribution < -0.4 is 0 Å². The Bertz CT molecular complexity index is 637. The molecular formula is C18H18O3. The number of fused-ring (bicyclic) bond motifs is 5. The lowest BCUT2D eigenvalue weighted by molar-refractivity contribution is -0.132. The molecule has 5 saturated carbocycles. The molecule has 21 heavy (non-hydrogen) atoms. The number of epoxide rings is 1. The molecule has 7 aliphatic rings. The number of carbonyl (C=O) groups is 2. The van der Waals surface area contributed by atoms with E-state index < -0.39 is 0 Å². The first-order valence-electron chi connectivity index (χ1n) is 8.63. The van der Waals surface area contributed by atoms with E-state index in [0.717, 1.165) is 6.42 Å². The first kappa shape index (κ1) is 10.7. The minimum atomic E-state index is -0.0433. The fourth-order valence-electron chi connectivity index (χ4n) is 8.55. The van der Waals surface area contributed by atoms with Gasteiger partial charge in [0.15, 0.2) is 11.6 Å². The highest BCUT2D eigenvalue weighted by atomic mass is 16.6. The average Bonchev–Trinajstić information content (AvgIpc) is 3.25. The van der Waals surface area contributed by atoms with Crippen LogP contribution >= 0.6 is 0 Å². The van der Waals surface area contributed by atoms with E-state index in [1.807, 2.05) is 0 Å². The Hall–Kier alpha value is -0.960. The van der Waals surface area contributed by atoms with Crippen LogP contribution in [0.15, 0.2) is 12.2 Å². The number of allylic oxidation sites excluding steroid dienone is 2. The number of ether oxygens (including phenoxy) is 1. The van der Waals surface area contributed by atoms with Gasteiger partial charge >= 0.3 is 0 Å². The number of hydrogen-bond acceptors (Lipinski definition) is 3. The van der Waals surface area contributed by atoms with Crippen LogP contribution in [-0.2, 0) is 14.3 Å². The normalized spacial score (nSPS) is 65.7. The first-order valence-corrected chi connectivity index (χ1v) is 8.63. The molecule has 6 aliphatic carbocycles. The molecule has 0 aromatic carbocycles. The molecule has 0 unspecified atom stereocenters. The van der Waals surface area contributed by atoms with Crippen LogP contribution in [0.25, 0.3) is 0 Å². The van der Waals surface area contributed by atoms with E-state index in [0.29, 0.717) is 29.1 Å². The fraction of sp³-hybridized carbons (Fsp3) is 0.778. The van der Waals surface area contributed by atoms with Gasteiger partial charge < -0.3 is 4.74 Å². The third-order valence-corrected chi connectivity index (χ3v) is 8.83. The molecule has 8 atom stereocenters. The molecule has 3 nitrogen and oxygen atoms in total. The zero-order valence-electron chi connectivity index (χ0n) is 11.9. The second-order valence-corrected chi connectivity index (χ2v) is 8.74. The van der Waals surface area contributed by atoms with Crippen LogP contribution in [0.4, 0.5) is 0 Å². The predicted octanol–water partition coefficient (Wildman–Crippen LogP) is 1.90. The van der Waals surface area contributed by atoms with E-state index in [1.54, 1.807) is 12.2 Å². The van der Waals surface area contributed by atoms with Crippen molar-refractivity contribution in [3.05, 3.63) is 12.2 Å². The maximum absolute atomic E-state index is 12.4. The van der Waals surface area contributed by atoms with Crippen molar-refractivity contribution in [3.8, 4) is 0 Å². The molecule has 1 heterocycles. The fourth-order valence-corrected chi connectivity index (χ4v) is 8.55. The zero-order valence-corrected chi connectivity index (χ0v) is 11.9. The topological polar surface area (TPSA) is 46.7 Å². The summed E-state index contributed by atoms with van der Waals surface area (Å²) in [6.07, 6.45) is 9.55. The molecule has 108 valence electrons. The van der Waals surface area contributed by atoms with Gasteiger partial charge in [-0.2, -0.15) is 0 Å². The van der Waals surface area contributed by atoms with Gasteiger partial charge in [0.1, 0.15) is 11.2 Å². The molecule has 1 aliphatic heterocycles. The third kappa shape index (κ3) is 0.730. The molecule has 7 rings (SSSR count). The molecule has 0 aromatic heterocycles. The van der Waals surface area contributed by atoms with Crippen molar-refractivity contribution in [1.29, 1.82) is 0 Å². The summed E-state index contributed by atoms with van der Waals surface area (Å²) in [6.45, 7) is 0. The van der Waals surface area contributed by atoms with Crippen LogP contribution in [0.2, 0.25) is 0 Å². The van der Waals surface area contributed by atoms with Crippen LogP contribution in [0, 0.1) is 40.9 Å². The number of hydrogen-bond donors (Lipinski definition) is 0. The van der Waals surface area contributed by atoms with Crippen molar-refractivity contribution in [2.45, 2.75) is 43.3 Å². The molecule has 0 N–H and O–H groups in total. The maximum atomic E-state index is 12.4. The summed E-state index contributed by atoms with van der Waals surface area (Å²) in [6, 6.07) is 0. The molecular weight excluding hydrogens is 264 g/mol. The molecule has 4 bridgehead atoms. The van der Waals surface area contributed by atoms with Gasteiger partial charge in [-0.25, -0.2) is 0 Å². The lowest BCUT2D eigenvalue weighted by atomic mass is 9.60. The van der Waals surface area contributed by atoms with Crippen molar-refractivity contribution in [3.63, 3.8) is 0 Å². The summed E-state index contributed by atoms with van der Waals surface area (Å²) < 4.78 is 6.57. The van der Waals surface area contributed by atoms with Gasteiger partial charge in [0.25, 0.3) is 0 Å². The Morgan fingerprint density at radius 2 is 1.43 bits per heavy atom. The molecule has 0 aromatic rings. The molecule has 0 amide bonds. The van der Waals surface area contributed by atoms with Gasteiger partial charge in [-0.3, -0.25) is 9.59 Å². The van der Waals surface area contributed by atoms with Gasteiger partial charge in [-0.1, -0.05) is 0 Å². The highest BCUT2D eigenvalue weighted by Crippen LogP contribution is 2.93. The van der Waals surface area contributed by atoms with E-state index in [1.165, 1.54) is 25.7 Å². The minimum absolute atomic E-state index is 0.0272. The lowest BCUT2D eigenvalue weighted by Crippen LogP contribution is -2.50. The van der Waals surface area contributed by atoms with Gasteiger partial charge in [0.05, 0.1) is 0 Å². The van der Waals surface area contributed by atoms with Crippen LogP contribution in [0.5, 0.6) is 0 Å². The van der Waals surface area contributed by atoms with Gasteiger partial charge in [0.2, 0.25) is 0 Å². The van der Waals surface area contributed by atoms with Gasteiger partial charge in [-0.05, 0) is 61.5 Å². The van der Waals surface area contributed by atoms with Crippen LogP contribution in [0.1, 0.15) is 32.1 Å². The van der Waals surface area contributed by atoms with E-state index in [9.17, 15) is 9.59 Å². The molecule has 1 saturated heterocycles. The van der Waals surface area contributed by atoms with Crippen molar-refractivity contribution in [2.75, 3.05) is 0 Å². The van der Waals surface area contributed by atoms with Crippen molar-refractivity contribution in [2.24, 2.45) is 40.9 Å². The summed E-state index contributed by atoms with van der Waals surface area (Å²) in [7, 11) is 0. The largest absolute Gasteiger partial charge is 0.361 e. The van der Waals surface area contributed by atoms with E-state index >= 15 is 0 Å². The Balaban J connectivity index is 1.47. The van der Waals surface area contributed by atoms with E-state index in [4.69, 9.17) is 4.74 Å². The highest BCUT2D eigenvalue weighted by molar-refractivity contribution is 6.08. The average molecular weight is 282 g/mol. The lowest BCUT2D eigenvalue weighted by Gasteiger charge is -2.37. The zero-order chi connectivity index (χ0) is 13.8. The second kappa shape index (κ2) is 2.58. The summed E-state index contributed by atoms with van der Waals surface area (Å²) in [5, 5.41) is 0. The summed E-state index contributed by atoms with van der Waals surface area (Å²) in [5.74, 6) is 2.44. The number of rotatable bonds is 0. The van der Waals surface area contributed by atoms with Crippen molar-refractivity contribution >= 4 is 11.6 Å². The Labute approximate surface area is 123 Å².